The van der Waals surface area contributed by atoms with Crippen LogP contribution < -0.4 is 0 Å². The van der Waals surface area contributed by atoms with Crippen molar-refractivity contribution < 1.29 is 13.6 Å². The number of carbonyl (C=O) groups excluding carboxylic acids is 1. The second-order valence-electron chi connectivity index (χ2n) is 8.20. The molecule has 6 nitrogen and oxygen atoms in total. The van der Waals surface area contributed by atoms with Crippen LogP contribution in [0.1, 0.15) is 24.6 Å². The molecule has 34 heavy (non-hydrogen) atoms. The van der Waals surface area contributed by atoms with Crippen molar-refractivity contribution >= 4 is 29.3 Å². The monoisotopic (exact) mass is 496 g/mol. The van der Waals surface area contributed by atoms with E-state index in [0.29, 0.717) is 33.9 Å². The van der Waals surface area contributed by atoms with E-state index in [0.717, 1.165) is 24.2 Å². The van der Waals surface area contributed by atoms with Crippen LogP contribution in [-0.2, 0) is 11.3 Å². The molecule has 174 valence electrons. The molecule has 1 saturated carbocycles. The van der Waals surface area contributed by atoms with Gasteiger partial charge in [0.15, 0.2) is 11.0 Å². The quantitative estimate of drug-likeness (QED) is 0.276. The van der Waals surface area contributed by atoms with Crippen molar-refractivity contribution in [3.63, 3.8) is 0 Å². The van der Waals surface area contributed by atoms with Gasteiger partial charge in [0.05, 0.1) is 17.9 Å². The van der Waals surface area contributed by atoms with Gasteiger partial charge >= 0.3 is 0 Å². The SMILES string of the molecule is CN(Cc1ccc(-c2ccc(Cl)cc2)o1)C(=O)CSc1nnc(-c2ccccc2F)n1C1CC1. The maximum Gasteiger partial charge on any atom is 0.233 e. The Balaban J connectivity index is 1.23. The van der Waals surface area contributed by atoms with Gasteiger partial charge in [-0.25, -0.2) is 4.39 Å². The molecule has 0 aliphatic heterocycles. The molecular formula is C25H22ClFN4O2S. The Kier molecular flexibility index (Phi) is 6.43. The van der Waals surface area contributed by atoms with Crippen LogP contribution in [-0.4, -0.2) is 38.4 Å². The Bertz CT molecular complexity index is 1320. The van der Waals surface area contributed by atoms with Crippen LogP contribution >= 0.6 is 23.4 Å². The summed E-state index contributed by atoms with van der Waals surface area (Å²) in [5.74, 6) is 1.72. The smallest absolute Gasteiger partial charge is 0.233 e. The molecule has 1 aliphatic carbocycles. The van der Waals surface area contributed by atoms with Crippen LogP contribution in [0, 0.1) is 5.82 Å². The summed E-state index contributed by atoms with van der Waals surface area (Å²) in [6, 6.07) is 17.9. The summed E-state index contributed by atoms with van der Waals surface area (Å²) in [5.41, 5.74) is 1.34. The number of hydrogen-bond acceptors (Lipinski definition) is 5. The van der Waals surface area contributed by atoms with Crippen molar-refractivity contribution in [3.05, 3.63) is 77.3 Å². The first-order valence-electron chi connectivity index (χ1n) is 10.9. The molecule has 0 radical (unpaired) electrons. The van der Waals surface area contributed by atoms with Crippen molar-refractivity contribution in [3.8, 4) is 22.7 Å². The first kappa shape index (κ1) is 22.7. The topological polar surface area (TPSA) is 64.2 Å². The third kappa shape index (κ3) is 4.88. The maximum atomic E-state index is 14.3. The van der Waals surface area contributed by atoms with Crippen LogP contribution in [0.5, 0.6) is 0 Å². The molecule has 0 unspecified atom stereocenters. The lowest BCUT2D eigenvalue weighted by Gasteiger charge is -2.15. The molecule has 0 N–H and O–H groups in total. The van der Waals surface area contributed by atoms with E-state index in [1.165, 1.54) is 17.8 Å². The Morgan fingerprint density at radius 3 is 2.65 bits per heavy atom. The lowest BCUT2D eigenvalue weighted by Crippen LogP contribution is -2.27. The number of nitrogens with zero attached hydrogens (tertiary/aromatic N) is 4. The van der Waals surface area contributed by atoms with Crippen molar-refractivity contribution in [1.29, 1.82) is 0 Å². The first-order valence-corrected chi connectivity index (χ1v) is 12.3. The van der Waals surface area contributed by atoms with E-state index < -0.39 is 0 Å². The highest BCUT2D eigenvalue weighted by Gasteiger charge is 2.31. The average Bonchev–Trinajstić information content (AvgIpc) is 3.42. The van der Waals surface area contributed by atoms with Crippen molar-refractivity contribution in [2.75, 3.05) is 12.8 Å². The van der Waals surface area contributed by atoms with Gasteiger partial charge < -0.3 is 9.32 Å². The van der Waals surface area contributed by atoms with E-state index in [9.17, 15) is 9.18 Å². The minimum Gasteiger partial charge on any atom is -0.459 e. The third-order valence-electron chi connectivity index (χ3n) is 5.63. The molecule has 4 aromatic rings. The van der Waals surface area contributed by atoms with Crippen LogP contribution in [0.2, 0.25) is 5.02 Å². The minimum atomic E-state index is -0.333. The predicted octanol–water partition coefficient (Wildman–Crippen LogP) is 6.08. The zero-order chi connectivity index (χ0) is 23.7. The van der Waals surface area contributed by atoms with E-state index in [1.54, 1.807) is 30.1 Å². The van der Waals surface area contributed by atoms with Crippen molar-refractivity contribution in [2.45, 2.75) is 30.6 Å². The maximum absolute atomic E-state index is 14.3. The third-order valence-corrected chi connectivity index (χ3v) is 6.81. The van der Waals surface area contributed by atoms with Crippen LogP contribution in [0.25, 0.3) is 22.7 Å². The summed E-state index contributed by atoms with van der Waals surface area (Å²) in [6.45, 7) is 0.350. The fourth-order valence-corrected chi connectivity index (χ4v) is 4.73. The van der Waals surface area contributed by atoms with Gasteiger partial charge in [-0.3, -0.25) is 9.36 Å². The molecular weight excluding hydrogens is 475 g/mol. The summed E-state index contributed by atoms with van der Waals surface area (Å²) in [5, 5.41) is 9.80. The van der Waals surface area contributed by atoms with Crippen LogP contribution in [0.3, 0.4) is 0 Å². The fraction of sp³-hybridized carbons (Fsp3) is 0.240. The summed E-state index contributed by atoms with van der Waals surface area (Å²) in [7, 11) is 1.74. The zero-order valence-electron chi connectivity index (χ0n) is 18.4. The van der Waals surface area contributed by atoms with Crippen molar-refractivity contribution in [2.24, 2.45) is 0 Å². The molecule has 5 rings (SSSR count). The van der Waals surface area contributed by atoms with E-state index in [2.05, 4.69) is 10.2 Å². The highest BCUT2D eigenvalue weighted by Crippen LogP contribution is 2.41. The summed E-state index contributed by atoms with van der Waals surface area (Å²) >= 11 is 7.27. The van der Waals surface area contributed by atoms with Gasteiger partial charge in [0.1, 0.15) is 17.3 Å². The molecule has 1 fully saturated rings. The lowest BCUT2D eigenvalue weighted by atomic mass is 10.2. The molecule has 2 aromatic carbocycles. The molecule has 0 spiro atoms. The Morgan fingerprint density at radius 1 is 1.15 bits per heavy atom. The molecule has 2 heterocycles. The standard InChI is InChI=1S/C25H22ClFN4O2S/c1-30(14-19-12-13-22(33-19)16-6-8-17(26)9-7-16)23(32)15-34-25-29-28-24(31(25)18-10-11-18)20-4-2-3-5-21(20)27/h2-9,12-13,18H,10-11,14-15H2,1H3. The normalized spacial score (nSPS) is 13.3. The number of rotatable bonds is 8. The number of hydrogen-bond donors (Lipinski definition) is 0. The second-order valence-corrected chi connectivity index (χ2v) is 9.58. The Labute approximate surface area is 205 Å². The van der Waals surface area contributed by atoms with E-state index in [1.807, 2.05) is 41.0 Å². The van der Waals surface area contributed by atoms with Crippen LogP contribution in [0.4, 0.5) is 4.39 Å². The fourth-order valence-electron chi connectivity index (χ4n) is 3.65. The molecule has 1 amide bonds. The first-order chi connectivity index (χ1) is 16.5. The Morgan fingerprint density at radius 2 is 1.91 bits per heavy atom. The van der Waals surface area contributed by atoms with Crippen molar-refractivity contribution in [1.82, 2.24) is 19.7 Å². The van der Waals surface area contributed by atoms with Gasteiger partial charge in [-0.05, 0) is 61.4 Å². The molecule has 1 aliphatic rings. The second kappa shape index (κ2) is 9.64. The Hall–Kier alpha value is -3.10. The van der Waals surface area contributed by atoms with Gasteiger partial charge in [-0.15, -0.1) is 10.2 Å². The van der Waals surface area contributed by atoms with Gasteiger partial charge in [0.25, 0.3) is 0 Å². The predicted molar refractivity (Wildman–Crippen MR) is 130 cm³/mol. The summed E-state index contributed by atoms with van der Waals surface area (Å²) < 4.78 is 22.2. The van der Waals surface area contributed by atoms with Gasteiger partial charge in [0.2, 0.25) is 5.91 Å². The largest absolute Gasteiger partial charge is 0.459 e. The highest BCUT2D eigenvalue weighted by molar-refractivity contribution is 7.99. The summed E-state index contributed by atoms with van der Waals surface area (Å²) in [4.78, 5) is 14.4. The number of carbonyl (C=O) groups is 1. The van der Waals surface area contributed by atoms with E-state index >= 15 is 0 Å². The van der Waals surface area contributed by atoms with Crippen LogP contribution in [0.15, 0.2) is 70.2 Å². The number of benzene rings is 2. The number of thioether (sulfide) groups is 1. The van der Waals surface area contributed by atoms with E-state index in [-0.39, 0.29) is 23.5 Å². The lowest BCUT2D eigenvalue weighted by molar-refractivity contribution is -0.127. The zero-order valence-corrected chi connectivity index (χ0v) is 20.0. The number of amides is 1. The average molecular weight is 497 g/mol. The minimum absolute atomic E-state index is 0.0627. The molecule has 9 heteroatoms. The number of furan rings is 1. The van der Waals surface area contributed by atoms with E-state index in [4.69, 9.17) is 16.0 Å². The number of halogens is 2. The van der Waals surface area contributed by atoms with Gasteiger partial charge in [0, 0.05) is 23.7 Å². The molecule has 0 atom stereocenters. The summed E-state index contributed by atoms with van der Waals surface area (Å²) in [6.07, 6.45) is 1.99. The highest BCUT2D eigenvalue weighted by atomic mass is 35.5. The molecule has 2 aromatic heterocycles. The van der Waals surface area contributed by atoms with Gasteiger partial charge in [-0.2, -0.15) is 0 Å². The number of aromatic nitrogens is 3. The van der Waals surface area contributed by atoms with Gasteiger partial charge in [-0.1, -0.05) is 35.5 Å². The molecule has 0 bridgehead atoms. The molecule has 0 saturated heterocycles.